The van der Waals surface area contributed by atoms with E-state index < -0.39 is 6.04 Å². The molecule has 0 saturated carbocycles. The van der Waals surface area contributed by atoms with E-state index in [1.54, 1.807) is 36.1 Å². The zero-order valence-corrected chi connectivity index (χ0v) is 14.5. The van der Waals surface area contributed by atoms with Crippen molar-refractivity contribution < 1.29 is 9.59 Å². The molecule has 1 atom stereocenters. The van der Waals surface area contributed by atoms with E-state index in [9.17, 15) is 9.59 Å². The van der Waals surface area contributed by atoms with Crippen LogP contribution < -0.4 is 15.5 Å². The van der Waals surface area contributed by atoms with Crippen LogP contribution in [-0.2, 0) is 9.59 Å². The maximum atomic E-state index is 12.4. The van der Waals surface area contributed by atoms with Crippen LogP contribution in [0.4, 0.5) is 17.1 Å². The first-order valence-electron chi connectivity index (χ1n) is 8.55. The number of rotatable bonds is 5. The summed E-state index contributed by atoms with van der Waals surface area (Å²) in [5, 5.41) is 14.9. The van der Waals surface area contributed by atoms with E-state index in [0.29, 0.717) is 17.7 Å². The summed E-state index contributed by atoms with van der Waals surface area (Å²) >= 11 is 0. The number of hydrogen-bond donors (Lipinski definition) is 2. The maximum Gasteiger partial charge on any atom is 0.246 e. The standard InChI is InChI=1S/C20H20N4O2/c1-14(20(26)23-16-6-2-5-15(11-16)13-21)22-17-7-3-8-18(12-17)24-10-4-9-19(24)25/h2-3,5-8,11-12,14,22H,4,9-10H2,1H3,(H,23,26). The molecule has 26 heavy (non-hydrogen) atoms. The van der Waals surface area contributed by atoms with Gasteiger partial charge in [-0.05, 0) is 49.7 Å². The Kier molecular flexibility index (Phi) is 5.18. The van der Waals surface area contributed by atoms with Crippen LogP contribution in [0, 0.1) is 11.3 Å². The number of amides is 2. The first-order chi connectivity index (χ1) is 12.6. The van der Waals surface area contributed by atoms with Crippen molar-refractivity contribution in [2.75, 3.05) is 22.1 Å². The van der Waals surface area contributed by atoms with Crippen LogP contribution in [0.5, 0.6) is 0 Å². The maximum absolute atomic E-state index is 12.4. The number of benzene rings is 2. The Balaban J connectivity index is 1.65. The Morgan fingerprint density at radius 3 is 2.69 bits per heavy atom. The van der Waals surface area contributed by atoms with Crippen molar-refractivity contribution in [3.05, 3.63) is 54.1 Å². The highest BCUT2D eigenvalue weighted by Gasteiger charge is 2.22. The van der Waals surface area contributed by atoms with Crippen molar-refractivity contribution in [1.82, 2.24) is 0 Å². The van der Waals surface area contributed by atoms with Crippen molar-refractivity contribution in [3.63, 3.8) is 0 Å². The fourth-order valence-electron chi connectivity index (χ4n) is 2.92. The molecule has 1 fully saturated rings. The number of nitrogens with one attached hydrogen (secondary N) is 2. The molecule has 0 bridgehead atoms. The number of nitrogens with zero attached hydrogens (tertiary/aromatic N) is 2. The molecule has 132 valence electrons. The number of nitriles is 1. The van der Waals surface area contributed by atoms with Gasteiger partial charge in [-0.3, -0.25) is 9.59 Å². The van der Waals surface area contributed by atoms with E-state index in [0.717, 1.165) is 24.3 Å². The van der Waals surface area contributed by atoms with Gasteiger partial charge in [-0.25, -0.2) is 0 Å². The summed E-state index contributed by atoms with van der Waals surface area (Å²) in [5.74, 6) is -0.0759. The van der Waals surface area contributed by atoms with E-state index in [2.05, 4.69) is 10.6 Å². The Morgan fingerprint density at radius 1 is 1.19 bits per heavy atom. The molecule has 1 saturated heterocycles. The van der Waals surface area contributed by atoms with Gasteiger partial charge in [0.2, 0.25) is 11.8 Å². The molecule has 6 nitrogen and oxygen atoms in total. The lowest BCUT2D eigenvalue weighted by Crippen LogP contribution is -2.32. The zero-order chi connectivity index (χ0) is 18.5. The van der Waals surface area contributed by atoms with Crippen LogP contribution in [0.2, 0.25) is 0 Å². The molecule has 0 spiro atoms. The molecule has 3 rings (SSSR count). The Hall–Kier alpha value is -3.33. The second-order valence-electron chi connectivity index (χ2n) is 6.25. The molecule has 6 heteroatoms. The van der Waals surface area contributed by atoms with Crippen LogP contribution in [0.3, 0.4) is 0 Å². The van der Waals surface area contributed by atoms with E-state index in [1.165, 1.54) is 0 Å². The molecule has 1 aliphatic heterocycles. The third-order valence-corrected chi connectivity index (χ3v) is 4.27. The first-order valence-corrected chi connectivity index (χ1v) is 8.55. The second-order valence-corrected chi connectivity index (χ2v) is 6.25. The summed E-state index contributed by atoms with van der Waals surface area (Å²) in [6.07, 6.45) is 1.45. The normalized spacial score (nSPS) is 14.6. The summed E-state index contributed by atoms with van der Waals surface area (Å²) in [6, 6.07) is 15.8. The molecule has 0 aliphatic carbocycles. The highest BCUT2D eigenvalue weighted by Crippen LogP contribution is 2.24. The molecule has 0 radical (unpaired) electrons. The van der Waals surface area contributed by atoms with Gasteiger partial charge in [-0.15, -0.1) is 0 Å². The van der Waals surface area contributed by atoms with Crippen molar-refractivity contribution in [2.45, 2.75) is 25.8 Å². The van der Waals surface area contributed by atoms with Crippen molar-refractivity contribution in [1.29, 1.82) is 5.26 Å². The highest BCUT2D eigenvalue weighted by molar-refractivity contribution is 5.97. The monoisotopic (exact) mass is 348 g/mol. The van der Waals surface area contributed by atoms with Crippen LogP contribution in [-0.4, -0.2) is 24.4 Å². The van der Waals surface area contributed by atoms with Gasteiger partial charge in [0.25, 0.3) is 0 Å². The lowest BCUT2D eigenvalue weighted by Gasteiger charge is -2.19. The van der Waals surface area contributed by atoms with Gasteiger partial charge in [0.1, 0.15) is 6.04 Å². The van der Waals surface area contributed by atoms with E-state index in [1.807, 2.05) is 30.3 Å². The van der Waals surface area contributed by atoms with Crippen LogP contribution in [0.25, 0.3) is 0 Å². The van der Waals surface area contributed by atoms with Crippen LogP contribution in [0.15, 0.2) is 48.5 Å². The van der Waals surface area contributed by atoms with Crippen molar-refractivity contribution in [2.24, 2.45) is 0 Å². The number of carbonyl (C=O) groups excluding carboxylic acids is 2. The summed E-state index contributed by atoms with van der Waals surface area (Å²) < 4.78 is 0. The zero-order valence-electron chi connectivity index (χ0n) is 14.5. The van der Waals surface area contributed by atoms with Gasteiger partial charge in [0.05, 0.1) is 11.6 Å². The van der Waals surface area contributed by atoms with E-state index >= 15 is 0 Å². The molecule has 2 amide bonds. The highest BCUT2D eigenvalue weighted by atomic mass is 16.2. The first kappa shape index (κ1) is 17.5. The quantitative estimate of drug-likeness (QED) is 0.869. The Bertz CT molecular complexity index is 872. The second kappa shape index (κ2) is 7.70. The minimum absolute atomic E-state index is 0.130. The third-order valence-electron chi connectivity index (χ3n) is 4.27. The lowest BCUT2D eigenvalue weighted by molar-refractivity contribution is -0.117. The summed E-state index contributed by atoms with van der Waals surface area (Å²) in [7, 11) is 0. The molecule has 1 heterocycles. The number of hydrogen-bond acceptors (Lipinski definition) is 4. The molecule has 2 aromatic rings. The minimum Gasteiger partial charge on any atom is -0.374 e. The SMILES string of the molecule is CC(Nc1cccc(N2CCCC2=O)c1)C(=O)Nc1cccc(C#N)c1. The summed E-state index contributed by atoms with van der Waals surface area (Å²) in [4.78, 5) is 26.0. The van der Waals surface area contributed by atoms with Gasteiger partial charge in [-0.1, -0.05) is 12.1 Å². The molecule has 0 aromatic heterocycles. The topological polar surface area (TPSA) is 85.2 Å². The Labute approximate surface area is 152 Å². The minimum atomic E-state index is -0.481. The van der Waals surface area contributed by atoms with Crippen LogP contribution >= 0.6 is 0 Å². The van der Waals surface area contributed by atoms with Gasteiger partial charge < -0.3 is 15.5 Å². The van der Waals surface area contributed by atoms with E-state index in [4.69, 9.17) is 5.26 Å². The Morgan fingerprint density at radius 2 is 1.96 bits per heavy atom. The smallest absolute Gasteiger partial charge is 0.246 e. The number of carbonyl (C=O) groups is 2. The molecular weight excluding hydrogens is 328 g/mol. The molecule has 1 unspecified atom stereocenters. The average Bonchev–Trinajstić information content (AvgIpc) is 3.08. The largest absolute Gasteiger partial charge is 0.374 e. The fraction of sp³-hybridized carbons (Fsp3) is 0.250. The lowest BCUT2D eigenvalue weighted by atomic mass is 10.2. The predicted octanol–water partition coefficient (Wildman–Crippen LogP) is 3.12. The molecule has 2 N–H and O–H groups in total. The summed E-state index contributed by atoms with van der Waals surface area (Å²) in [6.45, 7) is 2.49. The van der Waals surface area contributed by atoms with Crippen molar-refractivity contribution in [3.8, 4) is 6.07 Å². The average molecular weight is 348 g/mol. The molecule has 2 aromatic carbocycles. The van der Waals surface area contributed by atoms with Gasteiger partial charge in [-0.2, -0.15) is 5.26 Å². The third kappa shape index (κ3) is 4.01. The molecular formula is C20H20N4O2. The fourth-order valence-corrected chi connectivity index (χ4v) is 2.92. The molecule has 1 aliphatic rings. The summed E-state index contributed by atoms with van der Waals surface area (Å²) in [5.41, 5.74) is 2.69. The van der Waals surface area contributed by atoms with Crippen molar-refractivity contribution >= 4 is 28.9 Å². The van der Waals surface area contributed by atoms with Gasteiger partial charge in [0.15, 0.2) is 0 Å². The van der Waals surface area contributed by atoms with Gasteiger partial charge in [0, 0.05) is 30.0 Å². The van der Waals surface area contributed by atoms with Crippen LogP contribution in [0.1, 0.15) is 25.3 Å². The number of anilines is 3. The van der Waals surface area contributed by atoms with E-state index in [-0.39, 0.29) is 11.8 Å². The predicted molar refractivity (Wildman–Crippen MR) is 101 cm³/mol. The van der Waals surface area contributed by atoms with Gasteiger partial charge >= 0.3 is 0 Å².